The maximum atomic E-state index is 9.51. The maximum absolute atomic E-state index is 9.51. The fourth-order valence-corrected chi connectivity index (χ4v) is 4.76. The van der Waals surface area contributed by atoms with Gasteiger partial charge in [0.2, 0.25) is 0 Å². The molecule has 0 radical (unpaired) electrons. The monoisotopic (exact) mass is 430 g/mol. The van der Waals surface area contributed by atoms with E-state index in [9.17, 15) is 5.11 Å². The first kappa shape index (κ1) is 29.3. The van der Waals surface area contributed by atoms with Crippen molar-refractivity contribution in [3.05, 3.63) is 0 Å². The Balaban J connectivity index is 3.27. The van der Waals surface area contributed by atoms with E-state index >= 15 is 0 Å². The minimum absolute atomic E-state index is 0.0390. The van der Waals surface area contributed by atoms with Crippen molar-refractivity contribution in [2.24, 2.45) is 0 Å². The molecule has 0 aliphatic heterocycles. The van der Waals surface area contributed by atoms with Crippen molar-refractivity contribution >= 4 is 11.8 Å². The smallest absolute Gasteiger partial charge is 0.0895 e. The second-order valence-electron chi connectivity index (χ2n) is 8.76. The average molecular weight is 431 g/mol. The lowest BCUT2D eigenvalue weighted by molar-refractivity contribution is 0.0260. The minimum Gasteiger partial charge on any atom is -0.394 e. The Morgan fingerprint density at radius 2 is 1.00 bits per heavy atom. The molecule has 0 amide bonds. The van der Waals surface area contributed by atoms with E-state index in [-0.39, 0.29) is 12.7 Å². The molecule has 0 rings (SSSR count). The first-order chi connectivity index (χ1) is 14.3. The van der Waals surface area contributed by atoms with E-state index in [4.69, 9.17) is 4.74 Å². The second-order valence-corrected chi connectivity index (χ2v) is 9.91. The summed E-state index contributed by atoms with van der Waals surface area (Å²) < 4.78 is 5.88. The van der Waals surface area contributed by atoms with Gasteiger partial charge in [-0.05, 0) is 18.6 Å². The van der Waals surface area contributed by atoms with Gasteiger partial charge in [0, 0.05) is 12.4 Å². The molecule has 1 unspecified atom stereocenters. The van der Waals surface area contributed by atoms with E-state index in [1.165, 1.54) is 121 Å². The van der Waals surface area contributed by atoms with Crippen LogP contribution in [0.3, 0.4) is 0 Å². The van der Waals surface area contributed by atoms with Gasteiger partial charge in [0.25, 0.3) is 0 Å². The summed E-state index contributed by atoms with van der Waals surface area (Å²) >= 11 is 1.96. The number of hydrogen-bond acceptors (Lipinski definition) is 3. The molecule has 2 nitrogen and oxygen atoms in total. The van der Waals surface area contributed by atoms with Crippen molar-refractivity contribution in [1.29, 1.82) is 0 Å². The third-order valence-electron chi connectivity index (χ3n) is 5.75. The zero-order valence-corrected chi connectivity index (χ0v) is 20.9. The molecule has 0 spiro atoms. The van der Waals surface area contributed by atoms with E-state index in [0.29, 0.717) is 0 Å². The van der Waals surface area contributed by atoms with E-state index < -0.39 is 0 Å². The van der Waals surface area contributed by atoms with E-state index in [2.05, 4.69) is 13.8 Å². The lowest BCUT2D eigenvalue weighted by Gasteiger charge is -2.15. The maximum Gasteiger partial charge on any atom is 0.0895 e. The van der Waals surface area contributed by atoms with Crippen LogP contribution in [-0.4, -0.2) is 35.9 Å². The summed E-state index contributed by atoms with van der Waals surface area (Å²) in [6.45, 7) is 5.55. The molecule has 0 aliphatic carbocycles. The van der Waals surface area contributed by atoms with Crippen molar-refractivity contribution in [3.63, 3.8) is 0 Å². The molecule has 1 N–H and O–H groups in total. The van der Waals surface area contributed by atoms with Gasteiger partial charge in [-0.1, -0.05) is 123 Å². The molecule has 0 heterocycles. The summed E-state index contributed by atoms with van der Waals surface area (Å²) in [6, 6.07) is 0. The first-order valence-corrected chi connectivity index (χ1v) is 14.3. The predicted molar refractivity (Wildman–Crippen MR) is 133 cm³/mol. The van der Waals surface area contributed by atoms with Crippen molar-refractivity contribution in [2.45, 2.75) is 142 Å². The Bertz CT molecular complexity index is 260. The van der Waals surface area contributed by atoms with Crippen LogP contribution in [-0.2, 0) is 4.74 Å². The van der Waals surface area contributed by atoms with Crippen LogP contribution in [0.25, 0.3) is 0 Å². The first-order valence-electron chi connectivity index (χ1n) is 13.1. The average Bonchev–Trinajstić information content (AvgIpc) is 2.74. The zero-order chi connectivity index (χ0) is 21.3. The molecule has 3 heteroatoms. The highest BCUT2D eigenvalue weighted by molar-refractivity contribution is 7.99. The van der Waals surface area contributed by atoms with E-state index in [1.807, 2.05) is 11.8 Å². The quantitative estimate of drug-likeness (QED) is 0.147. The van der Waals surface area contributed by atoms with Crippen molar-refractivity contribution in [3.8, 4) is 0 Å². The van der Waals surface area contributed by atoms with Crippen LogP contribution < -0.4 is 0 Å². The Kier molecular flexibility index (Phi) is 26.6. The summed E-state index contributed by atoms with van der Waals surface area (Å²) in [6.07, 6.45) is 26.1. The van der Waals surface area contributed by atoms with Crippen LogP contribution >= 0.6 is 11.8 Å². The van der Waals surface area contributed by atoms with Gasteiger partial charge in [-0.25, -0.2) is 0 Å². The van der Waals surface area contributed by atoms with Crippen molar-refractivity contribution in [2.75, 3.05) is 24.7 Å². The Labute approximate surface area is 188 Å². The molecule has 0 aromatic carbocycles. The van der Waals surface area contributed by atoms with Gasteiger partial charge in [0.1, 0.15) is 0 Å². The fourth-order valence-electron chi connectivity index (χ4n) is 3.72. The standard InChI is InChI=1S/C26H54O2S/c1-3-5-7-9-11-13-14-16-18-20-22-28-26(24-27)25-29-23-21-19-17-15-12-10-8-6-4-2/h26-27H,3-25H2,1-2H3. The number of aliphatic hydroxyl groups excluding tert-OH is 1. The van der Waals surface area contributed by atoms with Crippen LogP contribution in [0.2, 0.25) is 0 Å². The summed E-state index contributed by atoms with van der Waals surface area (Å²) in [5.41, 5.74) is 0. The molecular weight excluding hydrogens is 376 g/mol. The number of ether oxygens (including phenoxy) is 1. The van der Waals surface area contributed by atoms with E-state index in [0.717, 1.165) is 18.8 Å². The molecule has 0 saturated heterocycles. The van der Waals surface area contributed by atoms with Gasteiger partial charge in [-0.3, -0.25) is 0 Å². The van der Waals surface area contributed by atoms with Gasteiger partial charge in [-0.15, -0.1) is 0 Å². The Morgan fingerprint density at radius 1 is 0.586 bits per heavy atom. The molecule has 176 valence electrons. The van der Waals surface area contributed by atoms with Crippen LogP contribution in [0.5, 0.6) is 0 Å². The molecular formula is C26H54O2S. The predicted octanol–water partition coefficient (Wildman–Crippen LogP) is 8.55. The zero-order valence-electron chi connectivity index (χ0n) is 20.1. The molecule has 0 fully saturated rings. The van der Waals surface area contributed by atoms with E-state index in [1.54, 1.807) is 0 Å². The lowest BCUT2D eigenvalue weighted by Crippen LogP contribution is -2.21. The molecule has 29 heavy (non-hydrogen) atoms. The summed E-state index contributed by atoms with van der Waals surface area (Å²) in [4.78, 5) is 0. The number of thioether (sulfide) groups is 1. The normalized spacial score (nSPS) is 12.5. The van der Waals surface area contributed by atoms with Crippen LogP contribution in [0, 0.1) is 0 Å². The number of aliphatic hydroxyl groups is 1. The lowest BCUT2D eigenvalue weighted by atomic mass is 10.1. The summed E-state index contributed by atoms with van der Waals surface area (Å²) in [5, 5.41) is 9.51. The molecule has 0 bridgehead atoms. The van der Waals surface area contributed by atoms with Gasteiger partial charge in [-0.2, -0.15) is 11.8 Å². The molecule has 0 aromatic rings. The van der Waals surface area contributed by atoms with Gasteiger partial charge in [0.05, 0.1) is 12.7 Å². The topological polar surface area (TPSA) is 29.5 Å². The highest BCUT2D eigenvalue weighted by atomic mass is 32.2. The number of hydrogen-bond donors (Lipinski definition) is 1. The largest absolute Gasteiger partial charge is 0.394 e. The minimum atomic E-state index is 0.0390. The molecule has 0 aliphatic rings. The fraction of sp³-hybridized carbons (Fsp3) is 1.00. The SMILES string of the molecule is CCCCCCCCCCCCOC(CO)CSCCCCCCCCCCC. The van der Waals surface area contributed by atoms with Crippen molar-refractivity contribution in [1.82, 2.24) is 0 Å². The third kappa shape index (κ3) is 24.4. The number of rotatable bonds is 25. The van der Waals surface area contributed by atoms with Crippen LogP contribution in [0.15, 0.2) is 0 Å². The second kappa shape index (κ2) is 26.3. The van der Waals surface area contributed by atoms with Crippen LogP contribution in [0.4, 0.5) is 0 Å². The highest BCUT2D eigenvalue weighted by Gasteiger charge is 2.07. The summed E-state index contributed by atoms with van der Waals surface area (Å²) in [7, 11) is 0. The Hall–Kier alpha value is 0.270. The summed E-state index contributed by atoms with van der Waals surface area (Å²) in [5.74, 6) is 2.17. The highest BCUT2D eigenvalue weighted by Crippen LogP contribution is 2.14. The Morgan fingerprint density at radius 3 is 1.45 bits per heavy atom. The molecule has 0 aromatic heterocycles. The molecule has 0 saturated carbocycles. The van der Waals surface area contributed by atoms with Gasteiger partial charge >= 0.3 is 0 Å². The van der Waals surface area contributed by atoms with Gasteiger partial charge < -0.3 is 9.84 Å². The van der Waals surface area contributed by atoms with Crippen molar-refractivity contribution < 1.29 is 9.84 Å². The van der Waals surface area contributed by atoms with Gasteiger partial charge in [0.15, 0.2) is 0 Å². The van der Waals surface area contributed by atoms with Crippen LogP contribution in [0.1, 0.15) is 136 Å². The molecule has 1 atom stereocenters. The number of unbranched alkanes of at least 4 members (excludes halogenated alkanes) is 17. The third-order valence-corrected chi connectivity index (χ3v) is 6.94.